The van der Waals surface area contributed by atoms with E-state index in [2.05, 4.69) is 10.1 Å². The molecule has 0 atom stereocenters. The Bertz CT molecular complexity index is 1180. The molecule has 0 aliphatic carbocycles. The van der Waals surface area contributed by atoms with Crippen molar-refractivity contribution >= 4 is 21.2 Å². The number of hydrogen-bond acceptors (Lipinski definition) is 4. The molecule has 0 N–H and O–H groups in total. The SMILES string of the molecule is FS(F)(F)(F)(F)c1ccc(Oc2ncccc2-c2ccc3oncc3c2)cc1. The van der Waals surface area contributed by atoms with Crippen molar-refractivity contribution in [2.24, 2.45) is 0 Å². The Labute approximate surface area is 155 Å². The van der Waals surface area contributed by atoms with Crippen LogP contribution in [0.15, 0.2) is 76.4 Å². The quantitative estimate of drug-likeness (QED) is 0.328. The summed E-state index contributed by atoms with van der Waals surface area (Å²) in [5, 5.41) is 4.44. The summed E-state index contributed by atoms with van der Waals surface area (Å²) in [5.74, 6) is 0.0509. The Morgan fingerprint density at radius 1 is 0.893 bits per heavy atom. The maximum atomic E-state index is 12.8. The van der Waals surface area contributed by atoms with Crippen molar-refractivity contribution < 1.29 is 28.7 Å². The number of hydrogen-bond donors (Lipinski definition) is 0. The average Bonchev–Trinajstić information content (AvgIpc) is 3.08. The zero-order valence-electron chi connectivity index (χ0n) is 13.9. The van der Waals surface area contributed by atoms with E-state index in [9.17, 15) is 19.4 Å². The Morgan fingerprint density at radius 2 is 1.64 bits per heavy atom. The summed E-state index contributed by atoms with van der Waals surface area (Å²) < 4.78 is 74.7. The van der Waals surface area contributed by atoms with Gasteiger partial charge in [0.25, 0.3) is 0 Å². The molecule has 0 unspecified atom stereocenters. The van der Waals surface area contributed by atoms with Crippen LogP contribution in [0.4, 0.5) is 19.4 Å². The molecule has 0 fully saturated rings. The van der Waals surface area contributed by atoms with Crippen molar-refractivity contribution in [3.05, 3.63) is 67.0 Å². The van der Waals surface area contributed by atoms with Gasteiger partial charge in [0.05, 0.1) is 6.20 Å². The lowest BCUT2D eigenvalue weighted by atomic mass is 10.1. The van der Waals surface area contributed by atoms with Gasteiger partial charge in [0.2, 0.25) is 5.88 Å². The number of pyridine rings is 1. The van der Waals surface area contributed by atoms with Crippen LogP contribution in [-0.4, -0.2) is 10.1 Å². The summed E-state index contributed by atoms with van der Waals surface area (Å²) in [6, 6.07) is 10.9. The van der Waals surface area contributed by atoms with Crippen molar-refractivity contribution in [2.45, 2.75) is 4.90 Å². The zero-order valence-corrected chi connectivity index (χ0v) is 14.7. The third-order valence-electron chi connectivity index (χ3n) is 3.92. The summed E-state index contributed by atoms with van der Waals surface area (Å²) in [6.07, 6.45) is 2.98. The summed E-state index contributed by atoms with van der Waals surface area (Å²) >= 11 is 0. The van der Waals surface area contributed by atoms with Crippen LogP contribution in [0.1, 0.15) is 0 Å². The molecular weight excluding hydrogens is 403 g/mol. The van der Waals surface area contributed by atoms with Crippen molar-refractivity contribution in [3.63, 3.8) is 0 Å². The van der Waals surface area contributed by atoms with Crippen molar-refractivity contribution in [1.82, 2.24) is 10.1 Å². The van der Waals surface area contributed by atoms with E-state index in [1.165, 1.54) is 12.4 Å². The number of fused-ring (bicyclic) bond motifs is 1. The average molecular weight is 414 g/mol. The maximum Gasteiger partial charge on any atom is 0.310 e. The molecule has 4 aromatic rings. The molecule has 0 saturated carbocycles. The van der Waals surface area contributed by atoms with Crippen LogP contribution in [0.3, 0.4) is 0 Å². The molecule has 2 aromatic heterocycles. The molecule has 4 rings (SSSR count). The first-order valence-electron chi connectivity index (χ1n) is 7.81. The lowest BCUT2D eigenvalue weighted by Crippen LogP contribution is -2.05. The van der Waals surface area contributed by atoms with E-state index in [-0.39, 0.29) is 11.6 Å². The number of ether oxygens (including phenoxy) is 1. The molecule has 2 aromatic carbocycles. The topological polar surface area (TPSA) is 48.2 Å². The molecule has 0 aliphatic heterocycles. The normalized spacial score (nSPS) is 14.5. The summed E-state index contributed by atoms with van der Waals surface area (Å²) in [7, 11) is -9.73. The van der Waals surface area contributed by atoms with Gasteiger partial charge in [-0.05, 0) is 54.1 Å². The van der Waals surface area contributed by atoms with E-state index in [1.54, 1.807) is 30.3 Å². The standard InChI is InChI=1S/C18H11F5N2O2S/c19-28(20,21,22,23)15-6-4-14(5-7-15)26-18-16(2-1-9-24-18)12-3-8-17-13(10-12)11-25-27-17/h1-11H. The van der Waals surface area contributed by atoms with E-state index >= 15 is 0 Å². The Kier molecular flexibility index (Phi) is 3.54. The van der Waals surface area contributed by atoms with Crippen molar-refractivity contribution in [2.75, 3.05) is 0 Å². The largest absolute Gasteiger partial charge is 0.438 e. The minimum atomic E-state index is -9.73. The molecule has 0 radical (unpaired) electrons. The van der Waals surface area contributed by atoms with E-state index in [4.69, 9.17) is 9.26 Å². The van der Waals surface area contributed by atoms with Crippen LogP contribution < -0.4 is 4.74 Å². The van der Waals surface area contributed by atoms with Crippen LogP contribution in [0.2, 0.25) is 0 Å². The highest BCUT2D eigenvalue weighted by Crippen LogP contribution is 3.02. The van der Waals surface area contributed by atoms with Gasteiger partial charge in [-0.15, -0.1) is 0 Å². The van der Waals surface area contributed by atoms with Crippen LogP contribution in [0, 0.1) is 0 Å². The molecule has 10 heteroatoms. The lowest BCUT2D eigenvalue weighted by Gasteiger charge is -2.40. The fourth-order valence-electron chi connectivity index (χ4n) is 2.61. The van der Waals surface area contributed by atoms with Gasteiger partial charge >= 0.3 is 10.2 Å². The fourth-order valence-corrected chi connectivity index (χ4v) is 3.26. The molecule has 0 bridgehead atoms. The highest BCUT2D eigenvalue weighted by atomic mass is 32.5. The maximum absolute atomic E-state index is 12.8. The highest BCUT2D eigenvalue weighted by Gasteiger charge is 2.65. The van der Waals surface area contributed by atoms with E-state index in [1.807, 2.05) is 0 Å². The van der Waals surface area contributed by atoms with E-state index < -0.39 is 15.1 Å². The molecule has 2 heterocycles. The smallest absolute Gasteiger partial charge is 0.310 e. The number of nitrogens with zero attached hydrogens (tertiary/aromatic N) is 2. The summed E-state index contributed by atoms with van der Waals surface area (Å²) in [6.45, 7) is 0. The van der Waals surface area contributed by atoms with Gasteiger partial charge in [-0.25, -0.2) is 4.98 Å². The molecule has 4 nitrogen and oxygen atoms in total. The van der Waals surface area contributed by atoms with E-state index in [0.29, 0.717) is 28.8 Å². The fraction of sp³-hybridized carbons (Fsp3) is 0. The molecule has 0 saturated heterocycles. The van der Waals surface area contributed by atoms with Gasteiger partial charge in [0.15, 0.2) is 5.58 Å². The van der Waals surface area contributed by atoms with Gasteiger partial charge < -0.3 is 9.26 Å². The first-order chi connectivity index (χ1) is 13.0. The first kappa shape index (κ1) is 18.2. The molecule has 0 aliphatic rings. The molecule has 0 amide bonds. The van der Waals surface area contributed by atoms with Gasteiger partial charge in [-0.2, -0.15) is 0 Å². The molecule has 28 heavy (non-hydrogen) atoms. The summed E-state index contributed by atoms with van der Waals surface area (Å²) in [4.78, 5) is 2.11. The van der Waals surface area contributed by atoms with Crippen molar-refractivity contribution in [1.29, 1.82) is 0 Å². The summed E-state index contributed by atoms with van der Waals surface area (Å²) in [5.41, 5.74) is 1.85. The van der Waals surface area contributed by atoms with Crippen LogP contribution >= 0.6 is 10.2 Å². The van der Waals surface area contributed by atoms with Crippen LogP contribution in [0.5, 0.6) is 11.6 Å². The molecular formula is C18H11F5N2O2S. The van der Waals surface area contributed by atoms with Crippen LogP contribution in [0.25, 0.3) is 22.1 Å². The highest BCUT2D eigenvalue weighted by molar-refractivity contribution is 8.45. The Hall–Kier alpha value is -3.14. The van der Waals surface area contributed by atoms with Crippen molar-refractivity contribution in [3.8, 4) is 22.8 Å². The number of benzene rings is 2. The third-order valence-corrected chi connectivity index (χ3v) is 5.08. The second-order valence-electron chi connectivity index (χ2n) is 5.98. The minimum Gasteiger partial charge on any atom is -0.438 e. The predicted molar refractivity (Wildman–Crippen MR) is 95.2 cm³/mol. The minimum absolute atomic E-state index is 0.0587. The number of rotatable bonds is 4. The van der Waals surface area contributed by atoms with Gasteiger partial charge in [-0.3, -0.25) is 0 Å². The number of halogens is 5. The Morgan fingerprint density at radius 3 is 2.36 bits per heavy atom. The third kappa shape index (κ3) is 3.63. The van der Waals surface area contributed by atoms with E-state index in [0.717, 1.165) is 17.5 Å². The lowest BCUT2D eigenvalue weighted by molar-refractivity contribution is 0.363. The van der Waals surface area contributed by atoms with Crippen LogP contribution in [-0.2, 0) is 0 Å². The second-order valence-corrected chi connectivity index (χ2v) is 8.39. The Balaban J connectivity index is 1.68. The number of aromatic nitrogens is 2. The predicted octanol–water partition coefficient (Wildman–Crippen LogP) is 7.34. The zero-order chi connectivity index (χ0) is 20.1. The second kappa shape index (κ2) is 5.44. The molecule has 0 spiro atoms. The van der Waals surface area contributed by atoms with Gasteiger partial charge in [0.1, 0.15) is 10.6 Å². The van der Waals surface area contributed by atoms with Gasteiger partial charge in [0, 0.05) is 17.1 Å². The molecule has 146 valence electrons. The monoisotopic (exact) mass is 414 g/mol. The first-order valence-corrected chi connectivity index (χ1v) is 9.77. The van der Waals surface area contributed by atoms with Gasteiger partial charge in [-0.1, -0.05) is 30.7 Å².